The molecule has 1 saturated heterocycles. The second kappa shape index (κ2) is 3.96. The summed E-state index contributed by atoms with van der Waals surface area (Å²) in [4.78, 5) is 0. The van der Waals surface area contributed by atoms with Crippen LogP contribution in [0.15, 0.2) is 0 Å². The van der Waals surface area contributed by atoms with Gasteiger partial charge < -0.3 is 9.31 Å². The molecule has 132 valence electrons. The summed E-state index contributed by atoms with van der Waals surface area (Å²) >= 11 is 0. The summed E-state index contributed by atoms with van der Waals surface area (Å²) in [5.41, 5.74) is 1.08. The fraction of sp³-hybridized carbons (Fsp3) is 1.00. The Kier molecular flexibility index (Phi) is 2.49. The zero-order chi connectivity index (χ0) is 16.6. The average Bonchev–Trinajstić information content (AvgIpc) is 2.51. The Morgan fingerprint density at radius 3 is 1.50 bits per heavy atom. The smallest absolute Gasteiger partial charge is 0.403 e. The molecule has 3 heteroatoms. The van der Waals surface area contributed by atoms with E-state index in [9.17, 15) is 0 Å². The average molecular weight is 328 g/mol. The van der Waals surface area contributed by atoms with Gasteiger partial charge in [0.05, 0.1) is 11.2 Å². The molecule has 0 amide bonds. The summed E-state index contributed by atoms with van der Waals surface area (Å²) in [6.07, 6.45) is 13.6. The summed E-state index contributed by atoms with van der Waals surface area (Å²) in [5.74, 6) is 3.24. The monoisotopic (exact) mass is 328 g/mol. The minimum atomic E-state index is -0.166. The van der Waals surface area contributed by atoms with Crippen LogP contribution in [0.2, 0.25) is 5.31 Å². The summed E-state index contributed by atoms with van der Waals surface area (Å²) in [6.45, 7) is 8.81. The molecule has 6 bridgehead atoms. The van der Waals surface area contributed by atoms with Crippen molar-refractivity contribution in [3.63, 3.8) is 0 Å². The maximum atomic E-state index is 6.45. The molecule has 7 saturated carbocycles. The molecule has 0 aromatic carbocycles. The molecule has 0 N–H and O–H groups in total. The largest absolute Gasteiger partial charge is 0.464 e. The lowest BCUT2D eigenvalue weighted by Gasteiger charge is -2.80. The van der Waals surface area contributed by atoms with Gasteiger partial charge in [-0.05, 0) is 114 Å². The molecule has 8 rings (SSSR count). The van der Waals surface area contributed by atoms with Crippen molar-refractivity contribution >= 4 is 7.12 Å². The lowest BCUT2D eigenvalue weighted by Crippen LogP contribution is -2.72. The van der Waals surface area contributed by atoms with Gasteiger partial charge in [0.1, 0.15) is 0 Å². The molecule has 0 aromatic rings. The molecule has 7 aliphatic carbocycles. The van der Waals surface area contributed by atoms with E-state index in [0.29, 0.717) is 10.7 Å². The van der Waals surface area contributed by atoms with Gasteiger partial charge in [-0.1, -0.05) is 0 Å². The van der Waals surface area contributed by atoms with Crippen LogP contribution in [0.4, 0.5) is 0 Å². The molecular weight excluding hydrogens is 295 g/mol. The van der Waals surface area contributed by atoms with E-state index in [4.69, 9.17) is 9.31 Å². The highest BCUT2D eigenvalue weighted by atomic mass is 16.7. The first-order valence-corrected chi connectivity index (χ1v) is 10.5. The number of hydrogen-bond acceptors (Lipinski definition) is 2. The minimum Gasteiger partial charge on any atom is -0.403 e. The molecule has 24 heavy (non-hydrogen) atoms. The van der Waals surface area contributed by atoms with Gasteiger partial charge >= 0.3 is 7.12 Å². The van der Waals surface area contributed by atoms with Gasteiger partial charge in [0.15, 0.2) is 0 Å². The molecule has 8 fully saturated rings. The van der Waals surface area contributed by atoms with Crippen molar-refractivity contribution in [2.75, 3.05) is 0 Å². The Morgan fingerprint density at radius 2 is 1.08 bits per heavy atom. The van der Waals surface area contributed by atoms with Gasteiger partial charge in [0, 0.05) is 5.31 Å². The quantitative estimate of drug-likeness (QED) is 0.647. The van der Waals surface area contributed by atoms with E-state index in [1.165, 1.54) is 19.3 Å². The fourth-order valence-electron chi connectivity index (χ4n) is 8.53. The summed E-state index contributed by atoms with van der Waals surface area (Å²) < 4.78 is 12.9. The summed E-state index contributed by atoms with van der Waals surface area (Å²) in [5, 5.41) is 0.369. The fourth-order valence-corrected chi connectivity index (χ4v) is 8.53. The maximum absolute atomic E-state index is 6.45. The van der Waals surface area contributed by atoms with Gasteiger partial charge in [-0.2, -0.15) is 0 Å². The van der Waals surface area contributed by atoms with Crippen molar-refractivity contribution in [2.24, 2.45) is 28.6 Å². The van der Waals surface area contributed by atoms with Crippen LogP contribution in [0.5, 0.6) is 0 Å². The van der Waals surface area contributed by atoms with Crippen LogP contribution in [0.25, 0.3) is 0 Å². The minimum absolute atomic E-state index is 0.0540. The van der Waals surface area contributed by atoms with Crippen LogP contribution in [0.1, 0.15) is 85.5 Å². The van der Waals surface area contributed by atoms with Gasteiger partial charge in [-0.15, -0.1) is 0 Å². The lowest BCUT2D eigenvalue weighted by atomic mass is 9.17. The van der Waals surface area contributed by atoms with Gasteiger partial charge in [0.25, 0.3) is 0 Å². The maximum Gasteiger partial charge on any atom is 0.464 e. The van der Waals surface area contributed by atoms with Crippen LogP contribution in [-0.4, -0.2) is 18.3 Å². The Morgan fingerprint density at radius 1 is 0.667 bits per heavy atom. The highest BCUT2D eigenvalue weighted by Gasteiger charge is 2.81. The molecule has 0 atom stereocenters. The first-order valence-electron chi connectivity index (χ1n) is 10.5. The molecule has 0 aromatic heterocycles. The SMILES string of the molecule is CC1(C)OB(C23CC(C45CC6CC(CC(C6)C4)C5)(C2)C3)OC1(C)C. The molecule has 1 aliphatic heterocycles. The van der Waals surface area contributed by atoms with Crippen molar-refractivity contribution in [1.29, 1.82) is 0 Å². The standard InChI is InChI=1S/C21H33BO2/c1-17(2)18(3,4)24-22(23-17)21-11-20(12-21,13-21)19-8-14-5-15(9-19)7-16(6-14)10-19/h14-16H,5-13H2,1-4H3. The van der Waals surface area contributed by atoms with E-state index < -0.39 is 0 Å². The van der Waals surface area contributed by atoms with Gasteiger partial charge in [0.2, 0.25) is 0 Å². The topological polar surface area (TPSA) is 18.5 Å². The van der Waals surface area contributed by atoms with Crippen LogP contribution < -0.4 is 0 Å². The second-order valence-corrected chi connectivity index (χ2v) is 12.0. The highest BCUT2D eigenvalue weighted by molar-refractivity contribution is 6.51. The number of rotatable bonds is 2. The molecule has 1 heterocycles. The highest BCUT2D eigenvalue weighted by Crippen LogP contribution is 2.89. The zero-order valence-corrected chi connectivity index (χ0v) is 16.0. The lowest BCUT2D eigenvalue weighted by molar-refractivity contribution is -0.254. The predicted octanol–water partition coefficient (Wildman–Crippen LogP) is 5.22. The van der Waals surface area contributed by atoms with Crippen LogP contribution in [0.3, 0.4) is 0 Å². The molecular formula is C21H33BO2. The van der Waals surface area contributed by atoms with Crippen molar-refractivity contribution in [1.82, 2.24) is 0 Å². The van der Waals surface area contributed by atoms with E-state index >= 15 is 0 Å². The van der Waals surface area contributed by atoms with Crippen molar-refractivity contribution < 1.29 is 9.31 Å². The van der Waals surface area contributed by atoms with E-state index in [1.807, 2.05) is 0 Å². The summed E-state index contributed by atoms with van der Waals surface area (Å²) in [6, 6.07) is 0. The second-order valence-electron chi connectivity index (χ2n) is 12.0. The Bertz CT molecular complexity index is 536. The van der Waals surface area contributed by atoms with Gasteiger partial charge in [-0.3, -0.25) is 0 Å². The Labute approximate surface area is 147 Å². The zero-order valence-electron chi connectivity index (χ0n) is 16.0. The normalized spacial score (nSPS) is 58.5. The molecule has 2 nitrogen and oxygen atoms in total. The van der Waals surface area contributed by atoms with Gasteiger partial charge in [-0.25, -0.2) is 0 Å². The van der Waals surface area contributed by atoms with Crippen LogP contribution in [-0.2, 0) is 9.31 Å². The molecule has 0 radical (unpaired) electrons. The molecule has 8 aliphatic rings. The van der Waals surface area contributed by atoms with E-state index in [-0.39, 0.29) is 18.3 Å². The van der Waals surface area contributed by atoms with E-state index in [0.717, 1.165) is 23.2 Å². The molecule has 0 spiro atoms. The first-order chi connectivity index (χ1) is 11.2. The number of hydrogen-bond donors (Lipinski definition) is 0. The van der Waals surface area contributed by atoms with Crippen molar-refractivity contribution in [3.05, 3.63) is 0 Å². The van der Waals surface area contributed by atoms with Crippen molar-refractivity contribution in [2.45, 2.75) is 102 Å². The molecule has 0 unspecified atom stereocenters. The predicted molar refractivity (Wildman–Crippen MR) is 95.7 cm³/mol. The van der Waals surface area contributed by atoms with Crippen LogP contribution >= 0.6 is 0 Å². The Hall–Kier alpha value is -0.0151. The van der Waals surface area contributed by atoms with Crippen LogP contribution in [0, 0.1) is 28.6 Å². The third kappa shape index (κ3) is 1.55. The van der Waals surface area contributed by atoms with E-state index in [1.54, 1.807) is 38.5 Å². The third-order valence-corrected chi connectivity index (χ3v) is 9.99. The van der Waals surface area contributed by atoms with Crippen molar-refractivity contribution in [3.8, 4) is 0 Å². The van der Waals surface area contributed by atoms with E-state index in [2.05, 4.69) is 27.7 Å². The summed E-state index contributed by atoms with van der Waals surface area (Å²) in [7, 11) is 0.0540. The first kappa shape index (κ1) is 15.1. The third-order valence-electron chi connectivity index (χ3n) is 9.99. The Balaban J connectivity index is 1.23.